The number of carbonyl (C=O) groups excluding carboxylic acids is 2. The Morgan fingerprint density at radius 1 is 1.20 bits per heavy atom. The molecule has 128 valence electrons. The van der Waals surface area contributed by atoms with Gasteiger partial charge in [-0.3, -0.25) is 9.59 Å². The smallest absolute Gasteiger partial charge is 0.251 e. The number of hydrogen-bond acceptors (Lipinski definition) is 3. The van der Waals surface area contributed by atoms with Gasteiger partial charge in [0.15, 0.2) is 0 Å². The number of rotatable bonds is 4. The summed E-state index contributed by atoms with van der Waals surface area (Å²) < 4.78 is 5.59. The summed E-state index contributed by atoms with van der Waals surface area (Å²) in [6, 6.07) is 14.1. The zero-order valence-electron chi connectivity index (χ0n) is 13.6. The maximum atomic E-state index is 12.7. The van der Waals surface area contributed by atoms with Crippen molar-refractivity contribution < 1.29 is 14.3 Å². The molecule has 3 rings (SSSR count). The van der Waals surface area contributed by atoms with Gasteiger partial charge in [-0.1, -0.05) is 41.9 Å². The third-order valence-corrected chi connectivity index (χ3v) is 4.42. The molecule has 0 radical (unpaired) electrons. The number of nitrogens with one attached hydrogen (secondary N) is 1. The maximum absolute atomic E-state index is 12.7. The van der Waals surface area contributed by atoms with Gasteiger partial charge in [0.25, 0.3) is 5.91 Å². The van der Waals surface area contributed by atoms with Crippen molar-refractivity contribution in [2.45, 2.75) is 12.5 Å². The zero-order valence-corrected chi connectivity index (χ0v) is 14.3. The lowest BCUT2D eigenvalue weighted by Crippen LogP contribution is -2.53. The van der Waals surface area contributed by atoms with Crippen LogP contribution in [-0.2, 0) is 15.1 Å². The molecule has 0 aromatic heterocycles. The van der Waals surface area contributed by atoms with E-state index in [0.29, 0.717) is 27.5 Å². The largest absolute Gasteiger partial charge is 0.488 e. The first-order chi connectivity index (χ1) is 11.9. The Hall–Kier alpha value is -2.79. The molecule has 0 spiro atoms. The van der Waals surface area contributed by atoms with Crippen LogP contribution < -0.4 is 15.8 Å². The molecule has 2 amide bonds. The van der Waals surface area contributed by atoms with Gasteiger partial charge in [0.1, 0.15) is 17.9 Å². The van der Waals surface area contributed by atoms with E-state index in [1.165, 1.54) is 0 Å². The molecule has 3 N–H and O–H groups in total. The highest BCUT2D eigenvalue weighted by atomic mass is 35.5. The van der Waals surface area contributed by atoms with Crippen molar-refractivity contribution in [2.75, 3.05) is 6.61 Å². The summed E-state index contributed by atoms with van der Waals surface area (Å²) in [6.07, 6.45) is 1.70. The molecule has 2 aromatic carbocycles. The topological polar surface area (TPSA) is 81.4 Å². The fourth-order valence-corrected chi connectivity index (χ4v) is 2.81. The van der Waals surface area contributed by atoms with Gasteiger partial charge in [-0.05, 0) is 36.8 Å². The van der Waals surface area contributed by atoms with E-state index in [2.05, 4.69) is 5.32 Å². The highest BCUT2D eigenvalue weighted by Gasteiger charge is 2.36. The van der Waals surface area contributed by atoms with Crippen LogP contribution in [0.5, 0.6) is 5.75 Å². The van der Waals surface area contributed by atoms with E-state index < -0.39 is 17.4 Å². The number of primary amides is 1. The average molecular weight is 357 g/mol. The van der Waals surface area contributed by atoms with E-state index in [9.17, 15) is 9.59 Å². The number of nitrogens with two attached hydrogens (primary N) is 1. The Morgan fingerprint density at radius 2 is 1.92 bits per heavy atom. The van der Waals surface area contributed by atoms with E-state index in [4.69, 9.17) is 22.1 Å². The molecule has 0 aliphatic carbocycles. The molecule has 0 fully saturated rings. The van der Waals surface area contributed by atoms with Crippen LogP contribution in [0.2, 0.25) is 5.02 Å². The Balaban J connectivity index is 1.89. The van der Waals surface area contributed by atoms with E-state index in [0.717, 1.165) is 0 Å². The SMILES string of the molecule is CC(NC(=O)C1=Cc2cc(Cl)ccc2OC1)(C(N)=O)c1ccccc1. The van der Waals surface area contributed by atoms with Crippen molar-refractivity contribution in [3.63, 3.8) is 0 Å². The molecule has 25 heavy (non-hydrogen) atoms. The van der Waals surface area contributed by atoms with Gasteiger partial charge in [0, 0.05) is 10.6 Å². The van der Waals surface area contributed by atoms with Gasteiger partial charge >= 0.3 is 0 Å². The van der Waals surface area contributed by atoms with Crippen molar-refractivity contribution >= 4 is 29.5 Å². The van der Waals surface area contributed by atoms with Crippen LogP contribution in [0.25, 0.3) is 6.08 Å². The molecule has 0 saturated carbocycles. The first kappa shape index (κ1) is 17.0. The summed E-state index contributed by atoms with van der Waals surface area (Å²) in [4.78, 5) is 24.7. The van der Waals surface area contributed by atoms with Crippen LogP contribution in [0.15, 0.2) is 54.1 Å². The van der Waals surface area contributed by atoms with Crippen LogP contribution in [-0.4, -0.2) is 18.4 Å². The Kier molecular flexibility index (Phi) is 4.51. The van der Waals surface area contributed by atoms with E-state index in [1.807, 2.05) is 6.07 Å². The Bertz CT molecular complexity index is 864. The summed E-state index contributed by atoms with van der Waals surface area (Å²) in [7, 11) is 0. The Morgan fingerprint density at radius 3 is 2.60 bits per heavy atom. The Labute approximate surface area is 150 Å². The molecule has 6 heteroatoms. The average Bonchev–Trinajstić information content (AvgIpc) is 2.61. The van der Waals surface area contributed by atoms with Crippen LogP contribution in [0.4, 0.5) is 0 Å². The molecule has 1 unspecified atom stereocenters. The second kappa shape index (κ2) is 6.61. The summed E-state index contributed by atoms with van der Waals surface area (Å²) in [5.74, 6) is -0.412. The van der Waals surface area contributed by atoms with E-state index in [1.54, 1.807) is 55.5 Å². The predicted octanol–water partition coefficient (Wildman–Crippen LogP) is 2.63. The van der Waals surface area contributed by atoms with Gasteiger partial charge in [-0.15, -0.1) is 0 Å². The van der Waals surface area contributed by atoms with Crippen molar-refractivity contribution in [1.82, 2.24) is 5.32 Å². The second-order valence-electron chi connectivity index (χ2n) is 5.95. The third-order valence-electron chi connectivity index (χ3n) is 4.18. The lowest BCUT2D eigenvalue weighted by molar-refractivity contribution is -0.129. The van der Waals surface area contributed by atoms with Crippen molar-refractivity contribution in [3.05, 3.63) is 70.3 Å². The molecule has 1 heterocycles. The maximum Gasteiger partial charge on any atom is 0.251 e. The highest BCUT2D eigenvalue weighted by Crippen LogP contribution is 2.29. The van der Waals surface area contributed by atoms with E-state index in [-0.39, 0.29) is 6.61 Å². The fraction of sp³-hybridized carbons (Fsp3) is 0.158. The lowest BCUT2D eigenvalue weighted by atomic mass is 9.90. The van der Waals surface area contributed by atoms with Gasteiger partial charge in [0.2, 0.25) is 5.91 Å². The van der Waals surface area contributed by atoms with Crippen molar-refractivity contribution in [3.8, 4) is 5.75 Å². The van der Waals surface area contributed by atoms with Crippen LogP contribution in [0, 0.1) is 0 Å². The monoisotopic (exact) mass is 356 g/mol. The number of amides is 2. The third kappa shape index (κ3) is 3.37. The second-order valence-corrected chi connectivity index (χ2v) is 6.39. The summed E-state index contributed by atoms with van der Waals surface area (Å²) in [6.45, 7) is 1.68. The summed E-state index contributed by atoms with van der Waals surface area (Å²) in [5.41, 5.74) is 5.94. The quantitative estimate of drug-likeness (QED) is 0.883. The standard InChI is InChI=1S/C19H17ClN2O3/c1-19(18(21)24,14-5-3-2-4-6-14)22-17(23)13-9-12-10-15(20)7-8-16(12)25-11-13/h2-10H,11H2,1H3,(H2,21,24)(H,22,23). The van der Waals surface area contributed by atoms with Crippen molar-refractivity contribution in [1.29, 1.82) is 0 Å². The number of ether oxygens (including phenoxy) is 1. The molecule has 2 aromatic rings. The summed E-state index contributed by atoms with van der Waals surface area (Å²) >= 11 is 5.99. The molecule has 1 aliphatic rings. The lowest BCUT2D eigenvalue weighted by Gasteiger charge is -2.29. The molecule has 0 saturated heterocycles. The van der Waals surface area contributed by atoms with Crippen LogP contribution >= 0.6 is 11.6 Å². The number of hydrogen-bond donors (Lipinski definition) is 2. The normalized spacial score (nSPS) is 15.2. The number of halogens is 1. The number of fused-ring (bicyclic) bond motifs is 1. The molecular weight excluding hydrogens is 340 g/mol. The molecule has 5 nitrogen and oxygen atoms in total. The van der Waals surface area contributed by atoms with Gasteiger partial charge in [-0.25, -0.2) is 0 Å². The van der Waals surface area contributed by atoms with Gasteiger partial charge in [0.05, 0.1) is 5.57 Å². The van der Waals surface area contributed by atoms with E-state index >= 15 is 0 Å². The minimum absolute atomic E-state index is 0.101. The minimum Gasteiger partial charge on any atom is -0.488 e. The molecule has 1 atom stereocenters. The first-order valence-corrected chi connectivity index (χ1v) is 8.09. The number of benzene rings is 2. The summed E-state index contributed by atoms with van der Waals surface area (Å²) in [5, 5.41) is 3.28. The van der Waals surface area contributed by atoms with Crippen molar-refractivity contribution in [2.24, 2.45) is 5.73 Å². The van der Waals surface area contributed by atoms with Crippen LogP contribution in [0.3, 0.4) is 0 Å². The van der Waals surface area contributed by atoms with Gasteiger partial charge in [-0.2, -0.15) is 0 Å². The van der Waals surface area contributed by atoms with Gasteiger partial charge < -0.3 is 15.8 Å². The number of carbonyl (C=O) groups is 2. The minimum atomic E-state index is -1.33. The molecule has 0 bridgehead atoms. The first-order valence-electron chi connectivity index (χ1n) is 7.71. The molecular formula is C19H17ClN2O3. The predicted molar refractivity (Wildman–Crippen MR) is 96.1 cm³/mol. The van der Waals surface area contributed by atoms with Crippen LogP contribution in [0.1, 0.15) is 18.1 Å². The highest BCUT2D eigenvalue weighted by molar-refractivity contribution is 6.30. The fourth-order valence-electron chi connectivity index (χ4n) is 2.63. The molecule has 1 aliphatic heterocycles. The zero-order chi connectivity index (χ0) is 18.0.